The van der Waals surface area contributed by atoms with Crippen LogP contribution in [0.2, 0.25) is 0 Å². The van der Waals surface area contributed by atoms with E-state index >= 15 is 8.78 Å². The van der Waals surface area contributed by atoms with E-state index in [1.54, 1.807) is 6.07 Å². The van der Waals surface area contributed by atoms with Crippen LogP contribution >= 0.6 is 12.2 Å². The summed E-state index contributed by atoms with van der Waals surface area (Å²) in [4.78, 5) is 3.69. The minimum Gasteiger partial charge on any atom is -0.429 e. The van der Waals surface area contributed by atoms with E-state index in [-0.39, 0.29) is 33.9 Å². The fourth-order valence-electron chi connectivity index (χ4n) is 6.25. The second-order valence-corrected chi connectivity index (χ2v) is 12.0. The molecule has 1 aliphatic rings. The molecule has 0 aromatic heterocycles. The first-order chi connectivity index (χ1) is 22.1. The first-order valence-electron chi connectivity index (χ1n) is 15.4. The van der Waals surface area contributed by atoms with Gasteiger partial charge in [-0.05, 0) is 115 Å². The summed E-state index contributed by atoms with van der Waals surface area (Å²) >= 11 is 4.48. The lowest BCUT2D eigenvalue weighted by Crippen LogP contribution is -2.25. The van der Waals surface area contributed by atoms with Gasteiger partial charge in [0.1, 0.15) is 34.6 Å². The van der Waals surface area contributed by atoms with Gasteiger partial charge in [0.25, 0.3) is 0 Å². The topological polar surface area (TPSA) is 21.6 Å². The SMILES string of the molecule is CCCCCC1CCC(c2ccc(-c3ccc(-c4cc(F)c(C(F)(F)Oc5ccc(N=C=S)cc5)c(F)c4)c(F)c3)c(F)c2)CC1. The van der Waals surface area contributed by atoms with Crippen molar-refractivity contribution < 1.29 is 31.1 Å². The summed E-state index contributed by atoms with van der Waals surface area (Å²) in [6.45, 7) is 2.20. The van der Waals surface area contributed by atoms with E-state index in [1.807, 2.05) is 6.07 Å². The van der Waals surface area contributed by atoms with Gasteiger partial charge in [0.05, 0.1) is 10.8 Å². The molecule has 0 N–H and O–H groups in total. The second kappa shape index (κ2) is 14.7. The smallest absolute Gasteiger partial charge is 0.429 e. The van der Waals surface area contributed by atoms with Gasteiger partial charge in [0.2, 0.25) is 0 Å². The molecule has 9 heteroatoms. The molecule has 0 radical (unpaired) electrons. The van der Waals surface area contributed by atoms with Gasteiger partial charge >= 0.3 is 6.11 Å². The Balaban J connectivity index is 1.31. The van der Waals surface area contributed by atoms with Gasteiger partial charge in [-0.3, -0.25) is 0 Å². The Bertz CT molecular complexity index is 1700. The highest BCUT2D eigenvalue weighted by atomic mass is 32.1. The number of aliphatic imine (C=N–C) groups is 1. The van der Waals surface area contributed by atoms with Gasteiger partial charge in [-0.2, -0.15) is 13.8 Å². The molecule has 4 aromatic rings. The van der Waals surface area contributed by atoms with E-state index in [1.165, 1.54) is 56.0 Å². The van der Waals surface area contributed by atoms with Crippen molar-refractivity contribution in [2.75, 3.05) is 0 Å². The minimum absolute atomic E-state index is 0.189. The van der Waals surface area contributed by atoms with Crippen LogP contribution in [0, 0.1) is 29.2 Å². The Hall–Kier alpha value is -3.94. The standard InChI is InChI=1S/C37H33F6NOS/c1-2-3-4-5-23-6-8-24(9-7-23)25-10-16-30(32(38)18-25)26-11-17-31(33(39)19-26)27-20-34(40)36(35(41)21-27)37(42,43)45-29-14-12-28(13-15-29)44-22-46/h10-21,23-24H,2-9H2,1H3. The van der Waals surface area contributed by atoms with Crippen LogP contribution in [-0.2, 0) is 6.11 Å². The normalized spacial score (nSPS) is 16.6. The maximum atomic E-state index is 15.3. The second-order valence-electron chi connectivity index (χ2n) is 11.8. The molecular formula is C37H33F6NOS. The molecule has 1 saturated carbocycles. The van der Waals surface area contributed by atoms with Gasteiger partial charge in [0, 0.05) is 11.1 Å². The highest BCUT2D eigenvalue weighted by molar-refractivity contribution is 7.78. The van der Waals surface area contributed by atoms with Crippen molar-refractivity contribution >= 4 is 23.1 Å². The van der Waals surface area contributed by atoms with Crippen molar-refractivity contribution in [1.82, 2.24) is 0 Å². The molecule has 0 atom stereocenters. The van der Waals surface area contributed by atoms with Crippen LogP contribution < -0.4 is 4.74 Å². The maximum Gasteiger partial charge on any atom is 0.432 e. The molecule has 0 heterocycles. The molecule has 0 amide bonds. The number of hydrogen-bond donors (Lipinski definition) is 0. The molecule has 46 heavy (non-hydrogen) atoms. The number of halogens is 6. The number of isothiocyanates is 1. The molecule has 0 saturated heterocycles. The van der Waals surface area contributed by atoms with Crippen LogP contribution in [0.15, 0.2) is 77.8 Å². The monoisotopic (exact) mass is 653 g/mol. The molecule has 5 rings (SSSR count). The molecule has 0 bridgehead atoms. The maximum absolute atomic E-state index is 15.3. The molecule has 240 valence electrons. The number of nitrogens with zero attached hydrogens (tertiary/aromatic N) is 1. The zero-order valence-corrected chi connectivity index (χ0v) is 26.1. The predicted octanol–water partition coefficient (Wildman–Crippen LogP) is 12.3. The van der Waals surface area contributed by atoms with E-state index < -0.39 is 34.9 Å². The number of benzene rings is 4. The summed E-state index contributed by atoms with van der Waals surface area (Å²) in [5.74, 6) is -3.98. The van der Waals surface area contributed by atoms with Gasteiger partial charge in [0.15, 0.2) is 0 Å². The summed E-state index contributed by atoms with van der Waals surface area (Å²) in [6, 6.07) is 14.9. The third kappa shape index (κ3) is 7.71. The Morgan fingerprint density at radius 3 is 1.98 bits per heavy atom. The first kappa shape index (κ1) is 33.4. The molecular weight excluding hydrogens is 620 g/mol. The van der Waals surface area contributed by atoms with Crippen LogP contribution in [0.4, 0.5) is 32.0 Å². The highest BCUT2D eigenvalue weighted by Gasteiger charge is 2.41. The van der Waals surface area contributed by atoms with Crippen LogP contribution in [0.3, 0.4) is 0 Å². The van der Waals surface area contributed by atoms with Gasteiger partial charge in [-0.1, -0.05) is 56.9 Å². The number of unbranched alkanes of at least 4 members (excludes halogenated alkanes) is 2. The van der Waals surface area contributed by atoms with Crippen molar-refractivity contribution in [3.05, 3.63) is 107 Å². The van der Waals surface area contributed by atoms with E-state index in [0.29, 0.717) is 17.8 Å². The minimum atomic E-state index is -4.39. The molecule has 1 fully saturated rings. The van der Waals surface area contributed by atoms with Crippen LogP contribution in [0.25, 0.3) is 22.3 Å². The quantitative estimate of drug-likeness (QED) is 0.0695. The fraction of sp³-hybridized carbons (Fsp3) is 0.324. The summed E-state index contributed by atoms with van der Waals surface area (Å²) in [7, 11) is 0. The average molecular weight is 654 g/mol. The van der Waals surface area contributed by atoms with Crippen molar-refractivity contribution in [2.45, 2.75) is 70.3 Å². The lowest BCUT2D eigenvalue weighted by Gasteiger charge is -2.29. The van der Waals surface area contributed by atoms with E-state index in [2.05, 4.69) is 34.0 Å². The number of ether oxygens (including phenoxy) is 1. The Morgan fingerprint density at radius 2 is 1.37 bits per heavy atom. The molecule has 2 nitrogen and oxygen atoms in total. The summed E-state index contributed by atoms with van der Waals surface area (Å²) in [6.07, 6.45) is 4.88. The molecule has 0 unspecified atom stereocenters. The Morgan fingerprint density at radius 1 is 0.761 bits per heavy atom. The Kier molecular flexibility index (Phi) is 10.6. The van der Waals surface area contributed by atoms with Crippen molar-refractivity contribution in [3.63, 3.8) is 0 Å². The largest absolute Gasteiger partial charge is 0.432 e. The van der Waals surface area contributed by atoms with Crippen molar-refractivity contribution in [2.24, 2.45) is 10.9 Å². The summed E-state index contributed by atoms with van der Waals surface area (Å²) in [5.41, 5.74) is -0.484. The number of hydrogen-bond acceptors (Lipinski definition) is 3. The highest BCUT2D eigenvalue weighted by Crippen LogP contribution is 2.40. The van der Waals surface area contributed by atoms with Crippen molar-refractivity contribution in [1.29, 1.82) is 0 Å². The lowest BCUT2D eigenvalue weighted by molar-refractivity contribution is -0.189. The molecule has 1 aliphatic carbocycles. The molecule has 4 aromatic carbocycles. The van der Waals surface area contributed by atoms with Gasteiger partial charge < -0.3 is 4.74 Å². The summed E-state index contributed by atoms with van der Waals surface area (Å²) in [5, 5.41) is 2.13. The van der Waals surface area contributed by atoms with Gasteiger partial charge in [-0.25, -0.2) is 17.6 Å². The van der Waals surface area contributed by atoms with Crippen LogP contribution in [0.5, 0.6) is 5.75 Å². The van der Waals surface area contributed by atoms with E-state index in [0.717, 1.165) is 55.4 Å². The Labute approximate surface area is 270 Å². The predicted molar refractivity (Wildman–Crippen MR) is 172 cm³/mol. The zero-order valence-electron chi connectivity index (χ0n) is 25.3. The fourth-order valence-corrected chi connectivity index (χ4v) is 6.36. The lowest BCUT2D eigenvalue weighted by atomic mass is 9.77. The number of thiocarbonyl (C=S) groups is 1. The van der Waals surface area contributed by atoms with Crippen molar-refractivity contribution in [3.8, 4) is 28.0 Å². The molecule has 0 spiro atoms. The van der Waals surface area contributed by atoms with Gasteiger partial charge in [-0.15, -0.1) is 0 Å². The summed E-state index contributed by atoms with van der Waals surface area (Å²) < 4.78 is 94.8. The third-order valence-electron chi connectivity index (χ3n) is 8.71. The van der Waals surface area contributed by atoms with Crippen LogP contribution in [-0.4, -0.2) is 5.16 Å². The third-order valence-corrected chi connectivity index (χ3v) is 8.80. The number of rotatable bonds is 11. The average Bonchev–Trinajstić information content (AvgIpc) is 3.02. The van der Waals surface area contributed by atoms with E-state index in [4.69, 9.17) is 0 Å². The number of alkyl halides is 2. The first-order valence-corrected chi connectivity index (χ1v) is 15.8. The van der Waals surface area contributed by atoms with E-state index in [9.17, 15) is 17.6 Å². The zero-order chi connectivity index (χ0) is 32.8. The van der Waals surface area contributed by atoms with Crippen LogP contribution in [0.1, 0.15) is 75.3 Å². The molecule has 0 aliphatic heterocycles.